The number of hydrogen-bond donors (Lipinski definition) is 1. The lowest BCUT2D eigenvalue weighted by Gasteiger charge is -2.24. The van der Waals surface area contributed by atoms with Crippen molar-refractivity contribution in [3.05, 3.63) is 30.1 Å². The maximum absolute atomic E-state index is 11.8. The lowest BCUT2D eigenvalue weighted by molar-refractivity contribution is -0.192. The molecule has 0 aliphatic carbocycles. The molecular formula is C19H24F3N3O4. The van der Waals surface area contributed by atoms with Crippen LogP contribution in [0.1, 0.15) is 18.5 Å². The molecule has 1 N–H and O–H groups in total. The van der Waals surface area contributed by atoms with Crippen LogP contribution in [0.4, 0.5) is 13.2 Å². The lowest BCUT2D eigenvalue weighted by atomic mass is 9.93. The molecule has 0 bridgehead atoms. The maximum Gasteiger partial charge on any atom is 0.490 e. The van der Waals surface area contributed by atoms with Gasteiger partial charge in [0.05, 0.1) is 18.4 Å². The van der Waals surface area contributed by atoms with E-state index in [4.69, 9.17) is 14.6 Å². The van der Waals surface area contributed by atoms with Crippen molar-refractivity contribution in [2.45, 2.75) is 31.7 Å². The molecule has 0 spiro atoms. The summed E-state index contributed by atoms with van der Waals surface area (Å²) in [5.41, 5.74) is 1.12. The number of hydrogen-bond acceptors (Lipinski definition) is 5. The number of pyridine rings is 1. The monoisotopic (exact) mass is 415 g/mol. The first-order chi connectivity index (χ1) is 13.7. The minimum atomic E-state index is -5.08. The van der Waals surface area contributed by atoms with Crippen LogP contribution in [0.2, 0.25) is 0 Å². The van der Waals surface area contributed by atoms with Crippen LogP contribution in [0, 0.1) is 11.8 Å². The van der Waals surface area contributed by atoms with Gasteiger partial charge in [-0.05, 0) is 18.6 Å². The Hall–Kier alpha value is -2.20. The van der Waals surface area contributed by atoms with E-state index in [0.29, 0.717) is 23.8 Å². The molecule has 3 fully saturated rings. The van der Waals surface area contributed by atoms with E-state index in [0.717, 1.165) is 57.9 Å². The molecule has 3 aliphatic heterocycles. The number of alkyl halides is 3. The topological polar surface area (TPSA) is 83.0 Å². The van der Waals surface area contributed by atoms with Crippen LogP contribution < -0.4 is 0 Å². The van der Waals surface area contributed by atoms with Gasteiger partial charge >= 0.3 is 12.1 Å². The number of nitrogens with zero attached hydrogens (tertiary/aromatic N) is 3. The van der Waals surface area contributed by atoms with Gasteiger partial charge in [-0.15, -0.1) is 0 Å². The highest BCUT2D eigenvalue weighted by Crippen LogP contribution is 2.35. The minimum absolute atomic E-state index is 0.326. The molecule has 0 radical (unpaired) electrons. The molecule has 3 saturated heterocycles. The van der Waals surface area contributed by atoms with Gasteiger partial charge in [0.1, 0.15) is 0 Å². The number of aromatic nitrogens is 1. The van der Waals surface area contributed by atoms with E-state index in [1.165, 1.54) is 0 Å². The summed E-state index contributed by atoms with van der Waals surface area (Å²) in [5, 5.41) is 7.12. The highest BCUT2D eigenvalue weighted by molar-refractivity contribution is 5.78. The van der Waals surface area contributed by atoms with E-state index < -0.39 is 12.1 Å². The molecule has 0 aromatic carbocycles. The van der Waals surface area contributed by atoms with Crippen LogP contribution in [0.15, 0.2) is 24.4 Å². The third-order valence-electron chi connectivity index (χ3n) is 5.50. The number of carbonyl (C=O) groups excluding carboxylic acids is 1. The third-order valence-corrected chi connectivity index (χ3v) is 5.50. The van der Waals surface area contributed by atoms with Crippen molar-refractivity contribution in [1.82, 2.24) is 14.8 Å². The van der Waals surface area contributed by atoms with E-state index in [1.54, 1.807) is 0 Å². The quantitative estimate of drug-likeness (QED) is 0.807. The van der Waals surface area contributed by atoms with Crippen LogP contribution >= 0.6 is 0 Å². The molecule has 1 aromatic rings. The molecule has 0 saturated carbocycles. The minimum Gasteiger partial charge on any atom is -0.475 e. The summed E-state index contributed by atoms with van der Waals surface area (Å²) in [4.78, 5) is 29.6. The zero-order valence-corrected chi connectivity index (χ0v) is 15.8. The fourth-order valence-electron chi connectivity index (χ4n) is 4.10. The number of carbonyl (C=O) groups is 2. The number of carboxylic acid groups (broad SMARTS) is 1. The van der Waals surface area contributed by atoms with Gasteiger partial charge < -0.3 is 14.7 Å². The molecule has 3 atom stereocenters. The van der Waals surface area contributed by atoms with Crippen LogP contribution in [0.3, 0.4) is 0 Å². The van der Waals surface area contributed by atoms with Gasteiger partial charge in [-0.1, -0.05) is 6.07 Å². The second-order valence-electron chi connectivity index (χ2n) is 7.56. The Balaban J connectivity index is 0.000000298. The first-order valence-electron chi connectivity index (χ1n) is 9.56. The number of rotatable bonds is 4. The summed E-state index contributed by atoms with van der Waals surface area (Å²) in [6.07, 6.45) is -1.14. The Kier molecular flexibility index (Phi) is 6.74. The van der Waals surface area contributed by atoms with E-state index >= 15 is 0 Å². The van der Waals surface area contributed by atoms with Gasteiger partial charge in [0.15, 0.2) is 0 Å². The van der Waals surface area contributed by atoms with Gasteiger partial charge in [0.2, 0.25) is 5.91 Å². The summed E-state index contributed by atoms with van der Waals surface area (Å²) in [5.74, 6) is -1.36. The summed E-state index contributed by atoms with van der Waals surface area (Å²) in [7, 11) is 0. The van der Waals surface area contributed by atoms with Crippen molar-refractivity contribution in [1.29, 1.82) is 0 Å². The standard InChI is InChI=1S/C17H23N3O2.C2HF3O2/c21-17-5-3-7-20(17)8-13-12-22-16-11-19(10-15(13)16)9-14-4-1-2-6-18-14;3-2(4,5)1(6)7/h1-2,4,6,13,15-16H,3,5,7-12H2;(H,6,7)/t13-,15+,16+;/m0./s1. The second-order valence-corrected chi connectivity index (χ2v) is 7.56. The molecule has 0 unspecified atom stereocenters. The van der Waals surface area contributed by atoms with Crippen molar-refractivity contribution < 1.29 is 32.6 Å². The largest absolute Gasteiger partial charge is 0.490 e. The Morgan fingerprint density at radius 2 is 2.07 bits per heavy atom. The zero-order valence-electron chi connectivity index (χ0n) is 15.8. The van der Waals surface area contributed by atoms with Gasteiger partial charge in [0.25, 0.3) is 0 Å². The maximum atomic E-state index is 11.8. The molecule has 3 aliphatic rings. The molecule has 4 rings (SSSR count). The van der Waals surface area contributed by atoms with Crippen molar-refractivity contribution in [2.75, 3.05) is 32.8 Å². The summed E-state index contributed by atoms with van der Waals surface area (Å²) >= 11 is 0. The van der Waals surface area contributed by atoms with E-state index in [-0.39, 0.29) is 0 Å². The predicted molar refractivity (Wildman–Crippen MR) is 95.7 cm³/mol. The second kappa shape index (κ2) is 9.08. The van der Waals surface area contributed by atoms with E-state index in [9.17, 15) is 18.0 Å². The molecular weight excluding hydrogens is 391 g/mol. The third kappa shape index (κ3) is 5.66. The first kappa shape index (κ1) is 21.5. The Morgan fingerprint density at radius 3 is 2.66 bits per heavy atom. The van der Waals surface area contributed by atoms with Crippen LogP contribution in [-0.4, -0.2) is 76.8 Å². The molecule has 10 heteroatoms. The number of likely N-dealkylation sites (tertiary alicyclic amines) is 2. The van der Waals surface area contributed by atoms with E-state index in [1.807, 2.05) is 23.2 Å². The van der Waals surface area contributed by atoms with Gasteiger partial charge in [-0.2, -0.15) is 13.2 Å². The van der Waals surface area contributed by atoms with Crippen LogP contribution in [0.25, 0.3) is 0 Å². The summed E-state index contributed by atoms with van der Waals surface area (Å²) in [6.45, 7) is 5.59. The smallest absolute Gasteiger partial charge is 0.475 e. The summed E-state index contributed by atoms with van der Waals surface area (Å²) in [6, 6.07) is 6.07. The Bertz CT molecular complexity index is 716. The van der Waals surface area contributed by atoms with Crippen molar-refractivity contribution in [2.24, 2.45) is 11.8 Å². The molecule has 1 aromatic heterocycles. The molecule has 4 heterocycles. The molecule has 160 valence electrons. The highest BCUT2D eigenvalue weighted by atomic mass is 19.4. The van der Waals surface area contributed by atoms with Gasteiger partial charge in [-0.3, -0.25) is 14.7 Å². The molecule has 29 heavy (non-hydrogen) atoms. The average Bonchev–Trinajstić information content (AvgIpc) is 3.34. The fraction of sp³-hybridized carbons (Fsp3) is 0.632. The van der Waals surface area contributed by atoms with Crippen LogP contribution in [0.5, 0.6) is 0 Å². The number of fused-ring (bicyclic) bond motifs is 1. The number of aliphatic carboxylic acids is 1. The molecule has 1 amide bonds. The normalized spacial score (nSPS) is 26.9. The van der Waals surface area contributed by atoms with Crippen molar-refractivity contribution in [3.8, 4) is 0 Å². The average molecular weight is 415 g/mol. The van der Waals surface area contributed by atoms with Gasteiger partial charge in [0, 0.05) is 57.2 Å². The molecule has 7 nitrogen and oxygen atoms in total. The highest BCUT2D eigenvalue weighted by Gasteiger charge is 2.44. The van der Waals surface area contributed by atoms with Crippen molar-refractivity contribution in [3.63, 3.8) is 0 Å². The SMILES string of the molecule is O=C(O)C(F)(F)F.O=C1CCCN1C[C@H]1CO[C@@H]2CN(Cc3ccccn3)C[C@H]12. The number of carboxylic acids is 1. The van der Waals surface area contributed by atoms with Gasteiger partial charge in [-0.25, -0.2) is 4.79 Å². The summed E-state index contributed by atoms with van der Waals surface area (Å²) < 4.78 is 37.7. The first-order valence-corrected chi connectivity index (χ1v) is 9.56. The Morgan fingerprint density at radius 1 is 1.31 bits per heavy atom. The van der Waals surface area contributed by atoms with E-state index in [2.05, 4.69) is 16.0 Å². The Labute approximate surface area is 166 Å². The number of halogens is 3. The van der Waals surface area contributed by atoms with Crippen molar-refractivity contribution >= 4 is 11.9 Å². The predicted octanol–water partition coefficient (Wildman–Crippen LogP) is 1.78. The fourth-order valence-corrected chi connectivity index (χ4v) is 4.10. The zero-order chi connectivity index (χ0) is 21.0. The number of amides is 1. The lowest BCUT2D eigenvalue weighted by Crippen LogP contribution is -2.35. The number of ether oxygens (including phenoxy) is 1. The van der Waals surface area contributed by atoms with Crippen LogP contribution in [-0.2, 0) is 20.9 Å².